The number of hydrogen-bond donors (Lipinski definition) is 2. The van der Waals surface area contributed by atoms with Crippen molar-refractivity contribution >= 4 is 33.6 Å². The molecule has 1 amide bonds. The molecule has 2 aromatic heterocycles. The zero-order valence-electron chi connectivity index (χ0n) is 15.2. The van der Waals surface area contributed by atoms with Crippen molar-refractivity contribution in [1.29, 1.82) is 0 Å². The molecule has 0 atom stereocenters. The Morgan fingerprint density at radius 1 is 0.931 bits per heavy atom. The van der Waals surface area contributed by atoms with Crippen molar-refractivity contribution in [2.24, 2.45) is 0 Å². The second-order valence-electron chi connectivity index (χ2n) is 6.61. The van der Waals surface area contributed by atoms with Crippen molar-refractivity contribution in [1.82, 2.24) is 9.97 Å². The fourth-order valence-corrected chi connectivity index (χ4v) is 3.23. The summed E-state index contributed by atoms with van der Waals surface area (Å²) in [6, 6.07) is 21.9. The molecular formula is C23H15N3O3. The maximum atomic E-state index is 12.6. The van der Waals surface area contributed by atoms with Crippen LogP contribution in [-0.2, 0) is 0 Å². The van der Waals surface area contributed by atoms with Crippen LogP contribution in [-0.4, -0.2) is 15.9 Å². The van der Waals surface area contributed by atoms with Crippen LogP contribution in [0.25, 0.3) is 33.4 Å². The summed E-state index contributed by atoms with van der Waals surface area (Å²) < 4.78 is 5.41. The minimum absolute atomic E-state index is 0.0370. The molecule has 0 aliphatic carbocycles. The summed E-state index contributed by atoms with van der Waals surface area (Å²) in [5.74, 6) is 0.236. The number of carbonyl (C=O) groups is 1. The van der Waals surface area contributed by atoms with Crippen molar-refractivity contribution in [3.63, 3.8) is 0 Å². The molecule has 6 nitrogen and oxygen atoms in total. The number of benzene rings is 3. The second kappa shape index (κ2) is 6.76. The number of anilines is 1. The monoisotopic (exact) mass is 381 g/mol. The zero-order valence-corrected chi connectivity index (χ0v) is 15.2. The van der Waals surface area contributed by atoms with E-state index < -0.39 is 5.91 Å². The Labute approximate surface area is 164 Å². The number of H-pyrrole nitrogens is 1. The number of para-hydroxylation sites is 3. The van der Waals surface area contributed by atoms with Gasteiger partial charge in [-0.3, -0.25) is 9.59 Å². The number of aromatic amines is 1. The molecule has 6 heteroatoms. The fraction of sp³-hybridized carbons (Fsp3) is 0. The number of hydrogen-bond acceptors (Lipinski definition) is 4. The van der Waals surface area contributed by atoms with Crippen LogP contribution >= 0.6 is 0 Å². The average molecular weight is 381 g/mol. The van der Waals surface area contributed by atoms with E-state index in [1.807, 2.05) is 36.4 Å². The molecular weight excluding hydrogens is 366 g/mol. The molecule has 0 fully saturated rings. The maximum absolute atomic E-state index is 12.6. The van der Waals surface area contributed by atoms with E-state index in [9.17, 15) is 9.59 Å². The minimum atomic E-state index is -0.513. The molecule has 29 heavy (non-hydrogen) atoms. The van der Waals surface area contributed by atoms with Gasteiger partial charge in [0.05, 0.1) is 16.4 Å². The van der Waals surface area contributed by atoms with Crippen LogP contribution in [0.5, 0.6) is 0 Å². The molecule has 3 aromatic carbocycles. The molecule has 2 N–H and O–H groups in total. The van der Waals surface area contributed by atoms with Crippen molar-refractivity contribution in [2.45, 2.75) is 0 Å². The van der Waals surface area contributed by atoms with Gasteiger partial charge in [-0.2, -0.15) is 0 Å². The van der Waals surface area contributed by atoms with E-state index in [-0.39, 0.29) is 11.0 Å². The molecule has 0 saturated carbocycles. The summed E-state index contributed by atoms with van der Waals surface area (Å²) in [5, 5.41) is 3.11. The molecule has 0 unspecified atom stereocenters. The highest BCUT2D eigenvalue weighted by Gasteiger charge is 2.14. The Morgan fingerprint density at radius 3 is 2.52 bits per heavy atom. The molecule has 5 rings (SSSR count). The Morgan fingerprint density at radius 2 is 1.69 bits per heavy atom. The van der Waals surface area contributed by atoms with Crippen LogP contribution in [0.1, 0.15) is 10.4 Å². The van der Waals surface area contributed by atoms with Gasteiger partial charge >= 0.3 is 0 Å². The van der Waals surface area contributed by atoms with Gasteiger partial charge in [-0.25, -0.2) is 4.98 Å². The standard InChI is InChI=1S/C23H15N3O3/c27-21-16-5-1-4-8-20(16)29-13-17(21)23(28)24-15-11-9-14(10-12-15)22-25-18-6-2-3-7-19(18)26-22/h1-13H,(H,24,28)(H,25,26). The Balaban J connectivity index is 1.40. The number of amides is 1. The summed E-state index contributed by atoms with van der Waals surface area (Å²) in [4.78, 5) is 32.9. The van der Waals surface area contributed by atoms with Gasteiger partial charge in [0, 0.05) is 11.3 Å². The molecule has 5 aromatic rings. The number of fused-ring (bicyclic) bond motifs is 2. The number of carbonyl (C=O) groups excluding carboxylic acids is 1. The lowest BCUT2D eigenvalue weighted by atomic mass is 10.1. The average Bonchev–Trinajstić information content (AvgIpc) is 3.19. The van der Waals surface area contributed by atoms with Crippen LogP contribution in [0.2, 0.25) is 0 Å². The lowest BCUT2D eigenvalue weighted by Gasteiger charge is -2.06. The van der Waals surface area contributed by atoms with Crippen LogP contribution in [0.3, 0.4) is 0 Å². The van der Waals surface area contributed by atoms with Crippen LogP contribution in [0, 0.1) is 0 Å². The Hall–Kier alpha value is -4.19. The molecule has 0 bridgehead atoms. The van der Waals surface area contributed by atoms with Crippen LogP contribution in [0.15, 0.2) is 88.3 Å². The van der Waals surface area contributed by atoms with Crippen LogP contribution in [0.4, 0.5) is 5.69 Å². The normalized spacial score (nSPS) is 11.0. The molecule has 0 radical (unpaired) electrons. The van der Waals surface area contributed by atoms with E-state index in [2.05, 4.69) is 15.3 Å². The third-order valence-electron chi connectivity index (χ3n) is 4.73. The minimum Gasteiger partial charge on any atom is -0.463 e. The predicted octanol–water partition coefficient (Wildman–Crippen LogP) is 4.59. The highest BCUT2D eigenvalue weighted by Crippen LogP contribution is 2.22. The Kier molecular flexibility index (Phi) is 3.95. The fourth-order valence-electron chi connectivity index (χ4n) is 3.23. The Bertz CT molecular complexity index is 1380. The first-order chi connectivity index (χ1) is 14.2. The lowest BCUT2D eigenvalue weighted by molar-refractivity contribution is 0.102. The quantitative estimate of drug-likeness (QED) is 0.478. The summed E-state index contributed by atoms with van der Waals surface area (Å²) in [6.45, 7) is 0. The number of nitrogens with zero attached hydrogens (tertiary/aromatic N) is 1. The van der Waals surface area contributed by atoms with E-state index in [1.165, 1.54) is 6.26 Å². The van der Waals surface area contributed by atoms with Gasteiger partial charge in [0.2, 0.25) is 5.43 Å². The molecule has 0 aliphatic rings. The molecule has 0 saturated heterocycles. The first-order valence-electron chi connectivity index (χ1n) is 9.06. The van der Waals surface area contributed by atoms with Gasteiger partial charge in [-0.05, 0) is 48.5 Å². The summed E-state index contributed by atoms with van der Waals surface area (Å²) >= 11 is 0. The zero-order chi connectivity index (χ0) is 19.8. The second-order valence-corrected chi connectivity index (χ2v) is 6.61. The number of nitrogens with one attached hydrogen (secondary N) is 2. The lowest BCUT2D eigenvalue weighted by Crippen LogP contribution is -2.21. The summed E-state index contributed by atoms with van der Waals surface area (Å²) in [5.41, 5.74) is 3.37. The largest absolute Gasteiger partial charge is 0.463 e. The van der Waals surface area contributed by atoms with Crippen molar-refractivity contribution < 1.29 is 9.21 Å². The highest BCUT2D eigenvalue weighted by atomic mass is 16.3. The predicted molar refractivity (Wildman–Crippen MR) is 112 cm³/mol. The SMILES string of the molecule is O=C(Nc1ccc(-c2nc3ccccc3[nH]2)cc1)c1coc2ccccc2c1=O. The highest BCUT2D eigenvalue weighted by molar-refractivity contribution is 6.05. The van der Waals surface area contributed by atoms with Gasteiger partial charge < -0.3 is 14.7 Å². The van der Waals surface area contributed by atoms with Crippen LogP contribution < -0.4 is 10.7 Å². The topological polar surface area (TPSA) is 88.0 Å². The smallest absolute Gasteiger partial charge is 0.262 e. The van der Waals surface area contributed by atoms with Crippen molar-refractivity contribution in [3.8, 4) is 11.4 Å². The number of aromatic nitrogens is 2. The molecule has 0 spiro atoms. The first kappa shape index (κ1) is 16.9. The van der Waals surface area contributed by atoms with Gasteiger partial charge in [-0.15, -0.1) is 0 Å². The first-order valence-corrected chi connectivity index (χ1v) is 9.06. The van der Waals surface area contributed by atoms with Gasteiger partial charge in [0.15, 0.2) is 0 Å². The van der Waals surface area contributed by atoms with Gasteiger partial charge in [0.25, 0.3) is 5.91 Å². The molecule has 0 aliphatic heterocycles. The van der Waals surface area contributed by atoms with Gasteiger partial charge in [0.1, 0.15) is 23.2 Å². The molecule has 140 valence electrons. The number of imidazole rings is 1. The third-order valence-corrected chi connectivity index (χ3v) is 4.73. The van der Waals surface area contributed by atoms with Gasteiger partial charge in [-0.1, -0.05) is 24.3 Å². The van der Waals surface area contributed by atoms with E-state index in [1.54, 1.807) is 36.4 Å². The van der Waals surface area contributed by atoms with Crippen molar-refractivity contribution in [3.05, 3.63) is 94.8 Å². The van der Waals surface area contributed by atoms with E-state index in [0.717, 1.165) is 22.4 Å². The van der Waals surface area contributed by atoms with E-state index in [4.69, 9.17) is 4.42 Å². The summed E-state index contributed by atoms with van der Waals surface area (Å²) in [7, 11) is 0. The van der Waals surface area contributed by atoms with E-state index >= 15 is 0 Å². The van der Waals surface area contributed by atoms with Crippen molar-refractivity contribution in [2.75, 3.05) is 5.32 Å². The maximum Gasteiger partial charge on any atom is 0.262 e. The molecule has 2 heterocycles. The summed E-state index contributed by atoms with van der Waals surface area (Å²) in [6.07, 6.45) is 1.20. The van der Waals surface area contributed by atoms with E-state index in [0.29, 0.717) is 16.7 Å². The third kappa shape index (κ3) is 3.06. The number of rotatable bonds is 3.